The highest BCUT2D eigenvalue weighted by molar-refractivity contribution is 6.29. The molecule has 3 nitrogen and oxygen atoms in total. The topological polar surface area (TPSA) is 35.0 Å². The number of aromatic nitrogens is 2. The summed E-state index contributed by atoms with van der Waals surface area (Å²) < 4.78 is 5.87. The molecule has 0 bridgehead atoms. The fraction of sp³-hybridized carbons (Fsp3) is 0.692. The Bertz CT molecular complexity index is 376. The number of hydrogen-bond acceptors (Lipinski definition) is 3. The second kappa shape index (κ2) is 4.81. The molecule has 1 saturated carbocycles. The fourth-order valence-electron chi connectivity index (χ4n) is 2.23. The van der Waals surface area contributed by atoms with Gasteiger partial charge in [0.25, 0.3) is 0 Å². The van der Waals surface area contributed by atoms with Crippen LogP contribution in [0, 0.1) is 12.3 Å². The van der Waals surface area contributed by atoms with Crippen LogP contribution in [0.15, 0.2) is 6.07 Å². The van der Waals surface area contributed by atoms with E-state index in [4.69, 9.17) is 16.3 Å². The van der Waals surface area contributed by atoms with Crippen molar-refractivity contribution in [1.29, 1.82) is 0 Å². The molecule has 0 aromatic carbocycles. The minimum absolute atomic E-state index is 0.272. The van der Waals surface area contributed by atoms with Crippen LogP contribution < -0.4 is 4.74 Å². The highest BCUT2D eigenvalue weighted by atomic mass is 35.5. The molecule has 1 aromatic heterocycles. The van der Waals surface area contributed by atoms with Crippen LogP contribution in [0.3, 0.4) is 0 Å². The van der Waals surface area contributed by atoms with E-state index in [0.29, 0.717) is 22.3 Å². The highest BCUT2D eigenvalue weighted by Crippen LogP contribution is 2.36. The second-order valence-corrected chi connectivity index (χ2v) is 5.94. The van der Waals surface area contributed by atoms with Gasteiger partial charge in [-0.3, -0.25) is 0 Å². The van der Waals surface area contributed by atoms with Crippen molar-refractivity contribution < 1.29 is 4.74 Å². The summed E-state index contributed by atoms with van der Waals surface area (Å²) in [6, 6.07) is 1.69. The van der Waals surface area contributed by atoms with Gasteiger partial charge in [-0.2, -0.15) is 4.98 Å². The van der Waals surface area contributed by atoms with Crippen molar-refractivity contribution >= 4 is 11.6 Å². The van der Waals surface area contributed by atoms with Crippen molar-refractivity contribution in [2.45, 2.75) is 52.6 Å². The summed E-state index contributed by atoms with van der Waals surface area (Å²) in [5.41, 5.74) is 0.457. The SMILES string of the molecule is Cc1nc(Cl)cc(OC2CCC(C)(C)CC2)n1. The van der Waals surface area contributed by atoms with Crippen LogP contribution in [0.1, 0.15) is 45.4 Å². The molecule has 1 heterocycles. The van der Waals surface area contributed by atoms with Crippen LogP contribution in [0.5, 0.6) is 5.88 Å². The van der Waals surface area contributed by atoms with Crippen LogP contribution >= 0.6 is 11.6 Å². The quantitative estimate of drug-likeness (QED) is 0.754. The third-order valence-corrected chi connectivity index (χ3v) is 3.55. The lowest BCUT2D eigenvalue weighted by molar-refractivity contribution is 0.0946. The van der Waals surface area contributed by atoms with Gasteiger partial charge < -0.3 is 4.74 Å². The minimum atomic E-state index is 0.272. The molecule has 0 unspecified atom stereocenters. The Kier molecular flexibility index (Phi) is 3.57. The Morgan fingerprint density at radius 2 is 1.94 bits per heavy atom. The minimum Gasteiger partial charge on any atom is -0.474 e. The van der Waals surface area contributed by atoms with Gasteiger partial charge in [0.2, 0.25) is 5.88 Å². The van der Waals surface area contributed by atoms with Gasteiger partial charge in [-0.05, 0) is 38.0 Å². The molecule has 0 N–H and O–H groups in total. The van der Waals surface area contributed by atoms with Crippen molar-refractivity contribution in [2.24, 2.45) is 5.41 Å². The lowest BCUT2D eigenvalue weighted by atomic mass is 9.76. The summed E-state index contributed by atoms with van der Waals surface area (Å²) in [4.78, 5) is 8.27. The lowest BCUT2D eigenvalue weighted by Crippen LogP contribution is -2.28. The van der Waals surface area contributed by atoms with Crippen LogP contribution in [0.4, 0.5) is 0 Å². The largest absolute Gasteiger partial charge is 0.474 e. The molecule has 1 aromatic rings. The molecule has 0 radical (unpaired) electrons. The molecule has 2 rings (SSSR count). The van der Waals surface area contributed by atoms with E-state index in [2.05, 4.69) is 23.8 Å². The summed E-state index contributed by atoms with van der Waals surface area (Å²) in [7, 11) is 0. The molecule has 0 amide bonds. The van der Waals surface area contributed by atoms with Crippen molar-refractivity contribution in [3.63, 3.8) is 0 Å². The first-order chi connectivity index (χ1) is 7.94. The predicted molar refractivity (Wildman–Crippen MR) is 68.4 cm³/mol. The van der Waals surface area contributed by atoms with Gasteiger partial charge in [0.1, 0.15) is 17.1 Å². The monoisotopic (exact) mass is 254 g/mol. The molecule has 0 spiro atoms. The van der Waals surface area contributed by atoms with Crippen LogP contribution in [0.25, 0.3) is 0 Å². The van der Waals surface area contributed by atoms with E-state index in [0.717, 1.165) is 12.8 Å². The van der Waals surface area contributed by atoms with Gasteiger partial charge in [0, 0.05) is 6.07 Å². The van der Waals surface area contributed by atoms with Crippen molar-refractivity contribution in [3.05, 3.63) is 17.0 Å². The van der Waals surface area contributed by atoms with Gasteiger partial charge in [-0.25, -0.2) is 4.98 Å². The third kappa shape index (κ3) is 3.56. The highest BCUT2D eigenvalue weighted by Gasteiger charge is 2.28. The lowest BCUT2D eigenvalue weighted by Gasteiger charge is -2.34. The molecular formula is C13H19ClN2O. The van der Waals surface area contributed by atoms with E-state index in [-0.39, 0.29) is 6.10 Å². The summed E-state index contributed by atoms with van der Waals surface area (Å²) in [5.74, 6) is 1.26. The maximum absolute atomic E-state index is 5.88. The van der Waals surface area contributed by atoms with Crippen molar-refractivity contribution in [2.75, 3.05) is 0 Å². The van der Waals surface area contributed by atoms with Crippen LogP contribution in [-0.2, 0) is 0 Å². The standard InChI is InChI=1S/C13H19ClN2O/c1-9-15-11(14)8-12(16-9)17-10-4-6-13(2,3)7-5-10/h8,10H,4-7H2,1-3H3. The Hall–Kier alpha value is -0.830. The van der Waals surface area contributed by atoms with E-state index in [1.54, 1.807) is 6.07 Å². The first-order valence-corrected chi connectivity index (χ1v) is 6.50. The van der Waals surface area contributed by atoms with Crippen molar-refractivity contribution in [1.82, 2.24) is 9.97 Å². The van der Waals surface area contributed by atoms with E-state index >= 15 is 0 Å². The number of halogens is 1. The molecule has 0 atom stereocenters. The van der Waals surface area contributed by atoms with E-state index in [1.165, 1.54) is 12.8 Å². The normalized spacial score (nSPS) is 20.2. The Morgan fingerprint density at radius 3 is 2.53 bits per heavy atom. The number of ether oxygens (including phenoxy) is 1. The van der Waals surface area contributed by atoms with Crippen LogP contribution in [-0.4, -0.2) is 16.1 Å². The van der Waals surface area contributed by atoms with Gasteiger partial charge in [-0.15, -0.1) is 0 Å². The molecule has 94 valence electrons. The van der Waals surface area contributed by atoms with Crippen molar-refractivity contribution in [3.8, 4) is 5.88 Å². The zero-order chi connectivity index (χ0) is 12.5. The maximum Gasteiger partial charge on any atom is 0.218 e. The Balaban J connectivity index is 1.97. The molecule has 17 heavy (non-hydrogen) atoms. The fourth-order valence-corrected chi connectivity index (χ4v) is 2.44. The Labute approximate surface area is 108 Å². The first-order valence-electron chi connectivity index (χ1n) is 6.12. The zero-order valence-corrected chi connectivity index (χ0v) is 11.4. The zero-order valence-electron chi connectivity index (χ0n) is 10.7. The smallest absolute Gasteiger partial charge is 0.218 e. The van der Waals surface area contributed by atoms with Gasteiger partial charge in [-0.1, -0.05) is 25.4 Å². The maximum atomic E-state index is 5.88. The number of hydrogen-bond donors (Lipinski definition) is 0. The molecule has 1 aliphatic carbocycles. The Morgan fingerprint density at radius 1 is 1.29 bits per heavy atom. The second-order valence-electron chi connectivity index (χ2n) is 5.56. The summed E-state index contributed by atoms with van der Waals surface area (Å²) in [5, 5.41) is 0.448. The summed E-state index contributed by atoms with van der Waals surface area (Å²) in [6.07, 6.45) is 4.86. The average molecular weight is 255 g/mol. The van der Waals surface area contributed by atoms with Gasteiger partial charge in [0.05, 0.1) is 0 Å². The summed E-state index contributed by atoms with van der Waals surface area (Å²) in [6.45, 7) is 6.45. The number of aryl methyl sites for hydroxylation is 1. The molecule has 4 heteroatoms. The van der Waals surface area contributed by atoms with E-state index < -0.39 is 0 Å². The molecule has 1 aliphatic rings. The van der Waals surface area contributed by atoms with Gasteiger partial charge >= 0.3 is 0 Å². The number of rotatable bonds is 2. The molecular weight excluding hydrogens is 236 g/mol. The molecule has 0 saturated heterocycles. The first kappa shape index (κ1) is 12.6. The summed E-state index contributed by atoms with van der Waals surface area (Å²) >= 11 is 5.88. The van der Waals surface area contributed by atoms with E-state index in [9.17, 15) is 0 Å². The number of nitrogens with zero attached hydrogens (tertiary/aromatic N) is 2. The molecule has 0 aliphatic heterocycles. The van der Waals surface area contributed by atoms with Gasteiger partial charge in [0.15, 0.2) is 0 Å². The average Bonchev–Trinajstić information content (AvgIpc) is 2.20. The van der Waals surface area contributed by atoms with E-state index in [1.807, 2.05) is 6.92 Å². The molecule has 1 fully saturated rings. The predicted octanol–water partition coefficient (Wildman–Crippen LogP) is 3.79. The van der Waals surface area contributed by atoms with Crippen LogP contribution in [0.2, 0.25) is 5.15 Å². The third-order valence-electron chi connectivity index (χ3n) is 3.36.